The zero-order chi connectivity index (χ0) is 22.9. The first-order valence-electron chi connectivity index (χ1n) is 11.2. The maximum Gasteiger partial charge on any atom is 0.343 e. The van der Waals surface area contributed by atoms with E-state index in [1.165, 1.54) is 11.8 Å². The van der Waals surface area contributed by atoms with Gasteiger partial charge in [0.2, 0.25) is 5.91 Å². The van der Waals surface area contributed by atoms with Crippen LogP contribution in [0.3, 0.4) is 0 Å². The van der Waals surface area contributed by atoms with Crippen molar-refractivity contribution >= 4 is 17.7 Å². The molecule has 1 aliphatic heterocycles. The molecule has 0 radical (unpaired) electrons. The van der Waals surface area contributed by atoms with E-state index >= 15 is 0 Å². The summed E-state index contributed by atoms with van der Waals surface area (Å²) < 4.78 is 7.38. The minimum Gasteiger partial charge on any atom is -0.492 e. The Morgan fingerprint density at radius 2 is 1.67 bits per heavy atom. The van der Waals surface area contributed by atoms with Crippen LogP contribution in [0.15, 0.2) is 70.6 Å². The van der Waals surface area contributed by atoms with Gasteiger partial charge in [0.25, 0.3) is 0 Å². The number of aromatic amines is 1. The number of nitrogens with zero attached hydrogens (tertiary/aromatic N) is 4. The van der Waals surface area contributed by atoms with E-state index in [1.54, 1.807) is 4.57 Å². The van der Waals surface area contributed by atoms with E-state index in [-0.39, 0.29) is 17.3 Å². The van der Waals surface area contributed by atoms with E-state index in [9.17, 15) is 9.59 Å². The van der Waals surface area contributed by atoms with E-state index in [4.69, 9.17) is 4.74 Å². The van der Waals surface area contributed by atoms with Gasteiger partial charge in [-0.2, -0.15) is 0 Å². The molecule has 1 aromatic heterocycles. The molecule has 1 fully saturated rings. The average molecular weight is 468 g/mol. The minimum atomic E-state index is -0.243. The molecule has 0 saturated carbocycles. The number of piperazine rings is 1. The van der Waals surface area contributed by atoms with Crippen LogP contribution in [-0.2, 0) is 17.8 Å². The largest absolute Gasteiger partial charge is 0.492 e. The Hall–Kier alpha value is -3.04. The lowest BCUT2D eigenvalue weighted by molar-refractivity contribution is -0.130. The van der Waals surface area contributed by atoms with Gasteiger partial charge < -0.3 is 9.64 Å². The molecule has 0 aliphatic carbocycles. The lowest BCUT2D eigenvalue weighted by Crippen LogP contribution is -2.50. The van der Waals surface area contributed by atoms with Crippen LogP contribution in [0.1, 0.15) is 5.56 Å². The monoisotopic (exact) mass is 467 g/mol. The number of carbonyl (C=O) groups excluding carboxylic acids is 1. The van der Waals surface area contributed by atoms with Crippen molar-refractivity contribution in [1.29, 1.82) is 0 Å². The van der Waals surface area contributed by atoms with Crippen LogP contribution in [0.25, 0.3) is 0 Å². The number of para-hydroxylation sites is 1. The highest BCUT2D eigenvalue weighted by atomic mass is 32.2. The first-order chi connectivity index (χ1) is 16.2. The van der Waals surface area contributed by atoms with Crippen molar-refractivity contribution in [3.63, 3.8) is 0 Å². The molecule has 9 heteroatoms. The Labute approximate surface area is 197 Å². The Kier molecular flexibility index (Phi) is 8.21. The number of H-pyrrole nitrogens is 1. The second kappa shape index (κ2) is 11.7. The number of hydrogen-bond donors (Lipinski definition) is 1. The molecule has 4 rings (SSSR count). The van der Waals surface area contributed by atoms with Crippen molar-refractivity contribution in [1.82, 2.24) is 24.6 Å². The first-order valence-corrected chi connectivity index (χ1v) is 12.2. The molecule has 1 amide bonds. The Bertz CT molecular complexity index is 1060. The summed E-state index contributed by atoms with van der Waals surface area (Å²) in [5.74, 6) is 1.22. The van der Waals surface area contributed by atoms with Crippen molar-refractivity contribution in [2.24, 2.45) is 0 Å². The number of thioether (sulfide) groups is 1. The standard InChI is InChI=1S/C24H29N5O3S/c30-22(28-15-13-27(14-16-28)17-18-32-21-9-5-2-6-10-21)19-33-24-26-25-23(31)29(24)12-11-20-7-3-1-4-8-20/h1-10H,11-19H2,(H,25,31). The van der Waals surface area contributed by atoms with Gasteiger partial charge in [0.15, 0.2) is 5.16 Å². The number of carbonyl (C=O) groups is 1. The van der Waals surface area contributed by atoms with Gasteiger partial charge in [0, 0.05) is 39.3 Å². The summed E-state index contributed by atoms with van der Waals surface area (Å²) in [5.41, 5.74) is 0.914. The van der Waals surface area contributed by atoms with Crippen LogP contribution < -0.4 is 10.4 Å². The predicted octanol–water partition coefficient (Wildman–Crippen LogP) is 2.13. The van der Waals surface area contributed by atoms with Gasteiger partial charge in [-0.3, -0.25) is 14.3 Å². The Morgan fingerprint density at radius 1 is 0.970 bits per heavy atom. The summed E-state index contributed by atoms with van der Waals surface area (Å²) in [5, 5.41) is 7.17. The maximum atomic E-state index is 12.7. The fraction of sp³-hybridized carbons (Fsp3) is 0.375. The molecule has 0 bridgehead atoms. The molecule has 33 heavy (non-hydrogen) atoms. The van der Waals surface area contributed by atoms with Crippen molar-refractivity contribution < 1.29 is 9.53 Å². The highest BCUT2D eigenvalue weighted by Gasteiger charge is 2.22. The lowest BCUT2D eigenvalue weighted by atomic mass is 10.1. The van der Waals surface area contributed by atoms with Crippen molar-refractivity contribution in [3.8, 4) is 5.75 Å². The Balaban J connectivity index is 1.19. The van der Waals surface area contributed by atoms with Gasteiger partial charge in [0.1, 0.15) is 12.4 Å². The van der Waals surface area contributed by atoms with Gasteiger partial charge in [-0.25, -0.2) is 9.89 Å². The third kappa shape index (κ3) is 6.72. The van der Waals surface area contributed by atoms with Crippen LogP contribution in [0.2, 0.25) is 0 Å². The molecular formula is C24H29N5O3S. The van der Waals surface area contributed by atoms with Crippen LogP contribution >= 0.6 is 11.8 Å². The van der Waals surface area contributed by atoms with E-state index in [1.807, 2.05) is 65.6 Å². The number of aromatic nitrogens is 3. The smallest absolute Gasteiger partial charge is 0.343 e. The molecule has 174 valence electrons. The topological polar surface area (TPSA) is 83.5 Å². The average Bonchev–Trinajstić information content (AvgIpc) is 3.22. The van der Waals surface area contributed by atoms with Crippen LogP contribution in [-0.4, -0.2) is 75.6 Å². The third-order valence-corrected chi connectivity index (χ3v) is 6.62. The number of ether oxygens (including phenoxy) is 1. The summed E-state index contributed by atoms with van der Waals surface area (Å²) in [7, 11) is 0. The number of hydrogen-bond acceptors (Lipinski definition) is 6. The molecule has 0 spiro atoms. The van der Waals surface area contributed by atoms with Gasteiger partial charge in [-0.15, -0.1) is 5.10 Å². The molecule has 0 unspecified atom stereocenters. The fourth-order valence-corrected chi connectivity index (χ4v) is 4.62. The maximum absolute atomic E-state index is 12.7. The van der Waals surface area contributed by atoms with Gasteiger partial charge in [-0.1, -0.05) is 60.3 Å². The number of rotatable bonds is 10. The van der Waals surface area contributed by atoms with Crippen molar-refractivity contribution in [2.75, 3.05) is 45.1 Å². The molecular weight excluding hydrogens is 438 g/mol. The SMILES string of the molecule is O=C(CSc1n[nH]c(=O)n1CCc1ccccc1)N1CCN(CCOc2ccccc2)CC1. The zero-order valence-electron chi connectivity index (χ0n) is 18.6. The third-order valence-electron chi connectivity index (χ3n) is 5.66. The number of nitrogens with one attached hydrogen (secondary N) is 1. The second-order valence-corrected chi connectivity index (χ2v) is 8.81. The number of amides is 1. The quantitative estimate of drug-likeness (QED) is 0.460. The molecule has 2 heterocycles. The van der Waals surface area contributed by atoms with Gasteiger partial charge >= 0.3 is 5.69 Å². The molecule has 0 atom stereocenters. The zero-order valence-corrected chi connectivity index (χ0v) is 19.4. The van der Waals surface area contributed by atoms with Gasteiger partial charge in [-0.05, 0) is 24.1 Å². The van der Waals surface area contributed by atoms with Crippen LogP contribution in [0.4, 0.5) is 0 Å². The minimum absolute atomic E-state index is 0.0743. The highest BCUT2D eigenvalue weighted by molar-refractivity contribution is 7.99. The molecule has 1 aliphatic rings. The van der Waals surface area contributed by atoms with Gasteiger partial charge in [0.05, 0.1) is 5.75 Å². The molecule has 1 N–H and O–H groups in total. The highest BCUT2D eigenvalue weighted by Crippen LogP contribution is 2.16. The molecule has 8 nitrogen and oxygen atoms in total. The lowest BCUT2D eigenvalue weighted by Gasteiger charge is -2.34. The molecule has 1 saturated heterocycles. The van der Waals surface area contributed by atoms with E-state index < -0.39 is 0 Å². The van der Waals surface area contributed by atoms with Crippen molar-refractivity contribution in [3.05, 3.63) is 76.7 Å². The summed E-state index contributed by atoms with van der Waals surface area (Å²) in [4.78, 5) is 29.1. The summed E-state index contributed by atoms with van der Waals surface area (Å²) in [6.45, 7) is 5.06. The second-order valence-electron chi connectivity index (χ2n) is 7.87. The van der Waals surface area contributed by atoms with E-state index in [0.29, 0.717) is 31.4 Å². The van der Waals surface area contributed by atoms with Crippen LogP contribution in [0, 0.1) is 0 Å². The fourth-order valence-electron chi connectivity index (χ4n) is 3.74. The van der Waals surface area contributed by atoms with Crippen molar-refractivity contribution in [2.45, 2.75) is 18.1 Å². The normalized spacial score (nSPS) is 14.4. The van der Waals surface area contributed by atoms with E-state index in [2.05, 4.69) is 15.1 Å². The summed E-state index contributed by atoms with van der Waals surface area (Å²) >= 11 is 1.31. The summed E-state index contributed by atoms with van der Waals surface area (Å²) in [6.07, 6.45) is 0.734. The molecule has 2 aromatic carbocycles. The first kappa shape index (κ1) is 23.1. The Morgan fingerprint density at radius 3 is 2.39 bits per heavy atom. The number of benzene rings is 2. The number of aryl methyl sites for hydroxylation is 1. The van der Waals surface area contributed by atoms with Crippen LogP contribution in [0.5, 0.6) is 5.75 Å². The molecule has 3 aromatic rings. The van der Waals surface area contributed by atoms with E-state index in [0.717, 1.165) is 37.4 Å². The summed E-state index contributed by atoms with van der Waals surface area (Å²) in [6, 6.07) is 19.8. The predicted molar refractivity (Wildman–Crippen MR) is 129 cm³/mol.